The molecule has 0 amide bonds. The predicted octanol–water partition coefficient (Wildman–Crippen LogP) is 2.71. The number of para-hydroxylation sites is 1. The standard InChI is InChI=1S/C21H26ClN3O/c22-18-8-4-5-9-19(18)24-10-12-25(13-11-24)20-15-23(16-21(20)26)14-17-6-2-1-3-7-17/h1-9,20-21,26H,10-16H2/t20-,21-/m1/s1. The summed E-state index contributed by atoms with van der Waals surface area (Å²) < 4.78 is 0. The Kier molecular flexibility index (Phi) is 5.46. The number of likely N-dealkylation sites (tertiary alicyclic amines) is 1. The minimum absolute atomic E-state index is 0.229. The molecule has 0 saturated carbocycles. The van der Waals surface area contributed by atoms with E-state index < -0.39 is 0 Å². The average Bonchev–Trinajstić information content (AvgIpc) is 3.03. The quantitative estimate of drug-likeness (QED) is 0.895. The van der Waals surface area contributed by atoms with E-state index in [1.807, 2.05) is 24.3 Å². The van der Waals surface area contributed by atoms with E-state index in [0.717, 1.165) is 56.5 Å². The van der Waals surface area contributed by atoms with Gasteiger partial charge in [0.2, 0.25) is 0 Å². The summed E-state index contributed by atoms with van der Waals surface area (Å²) in [7, 11) is 0. The summed E-state index contributed by atoms with van der Waals surface area (Å²) in [5.74, 6) is 0. The van der Waals surface area contributed by atoms with E-state index in [2.05, 4.69) is 45.0 Å². The maximum Gasteiger partial charge on any atom is 0.0834 e. The van der Waals surface area contributed by atoms with E-state index in [-0.39, 0.29) is 12.1 Å². The second-order valence-corrected chi connectivity index (χ2v) is 7.70. The van der Waals surface area contributed by atoms with Crippen LogP contribution in [0.5, 0.6) is 0 Å². The van der Waals surface area contributed by atoms with Crippen molar-refractivity contribution in [1.29, 1.82) is 0 Å². The van der Waals surface area contributed by atoms with Crippen molar-refractivity contribution in [3.05, 3.63) is 65.2 Å². The van der Waals surface area contributed by atoms with Gasteiger partial charge in [-0.15, -0.1) is 0 Å². The summed E-state index contributed by atoms with van der Waals surface area (Å²) in [4.78, 5) is 7.16. The first-order valence-electron chi connectivity index (χ1n) is 9.38. The van der Waals surface area contributed by atoms with E-state index in [1.165, 1.54) is 5.56 Å². The molecular formula is C21H26ClN3O. The normalized spacial score (nSPS) is 24.9. The van der Waals surface area contributed by atoms with Gasteiger partial charge < -0.3 is 10.0 Å². The number of benzene rings is 2. The molecule has 0 bridgehead atoms. The highest BCUT2D eigenvalue weighted by Crippen LogP contribution is 2.27. The molecule has 2 saturated heterocycles. The molecule has 4 rings (SSSR count). The molecule has 0 aliphatic carbocycles. The maximum atomic E-state index is 10.6. The Morgan fingerprint density at radius 2 is 1.58 bits per heavy atom. The highest BCUT2D eigenvalue weighted by Gasteiger charge is 2.36. The van der Waals surface area contributed by atoms with E-state index in [9.17, 15) is 5.11 Å². The van der Waals surface area contributed by atoms with Crippen LogP contribution in [0.25, 0.3) is 0 Å². The molecule has 2 atom stereocenters. The second kappa shape index (κ2) is 7.97. The van der Waals surface area contributed by atoms with Gasteiger partial charge in [-0.05, 0) is 17.7 Å². The summed E-state index contributed by atoms with van der Waals surface area (Å²) in [6, 6.07) is 18.8. The molecule has 2 heterocycles. The summed E-state index contributed by atoms with van der Waals surface area (Å²) in [6.07, 6.45) is -0.273. The van der Waals surface area contributed by atoms with Crippen LogP contribution in [-0.4, -0.2) is 66.3 Å². The molecule has 0 radical (unpaired) electrons. The molecule has 2 aliphatic rings. The molecule has 0 spiro atoms. The molecule has 2 aromatic carbocycles. The number of hydrogen-bond donors (Lipinski definition) is 1. The van der Waals surface area contributed by atoms with Crippen LogP contribution >= 0.6 is 11.6 Å². The van der Waals surface area contributed by atoms with Crippen molar-refractivity contribution in [1.82, 2.24) is 9.80 Å². The topological polar surface area (TPSA) is 30.0 Å². The SMILES string of the molecule is O[C@@H]1CN(Cc2ccccc2)C[C@H]1N1CCN(c2ccccc2Cl)CC1. The number of β-amino-alcohol motifs (C(OH)–C–C–N with tert-alkyl or cyclic N) is 1. The molecule has 0 unspecified atom stereocenters. The van der Waals surface area contributed by atoms with Gasteiger partial charge in [-0.25, -0.2) is 0 Å². The Hall–Kier alpha value is -1.59. The number of rotatable bonds is 4. The fraction of sp³-hybridized carbons (Fsp3) is 0.429. The van der Waals surface area contributed by atoms with Crippen molar-refractivity contribution in [2.75, 3.05) is 44.2 Å². The zero-order valence-electron chi connectivity index (χ0n) is 15.0. The van der Waals surface area contributed by atoms with E-state index in [0.29, 0.717) is 0 Å². The van der Waals surface area contributed by atoms with Crippen molar-refractivity contribution in [3.63, 3.8) is 0 Å². The number of piperazine rings is 1. The van der Waals surface area contributed by atoms with E-state index in [4.69, 9.17) is 11.6 Å². The van der Waals surface area contributed by atoms with Gasteiger partial charge in [0.25, 0.3) is 0 Å². The van der Waals surface area contributed by atoms with E-state index in [1.54, 1.807) is 0 Å². The molecule has 4 nitrogen and oxygen atoms in total. The molecule has 2 aromatic rings. The van der Waals surface area contributed by atoms with Crippen LogP contribution in [0.1, 0.15) is 5.56 Å². The van der Waals surface area contributed by atoms with Crippen LogP contribution in [0.3, 0.4) is 0 Å². The monoisotopic (exact) mass is 371 g/mol. The number of hydrogen-bond acceptors (Lipinski definition) is 4. The van der Waals surface area contributed by atoms with Gasteiger partial charge in [-0.3, -0.25) is 9.80 Å². The van der Waals surface area contributed by atoms with Crippen LogP contribution in [0.4, 0.5) is 5.69 Å². The van der Waals surface area contributed by atoms with Crippen LogP contribution in [0, 0.1) is 0 Å². The van der Waals surface area contributed by atoms with Crippen molar-refractivity contribution in [2.45, 2.75) is 18.7 Å². The first kappa shape index (κ1) is 17.8. The molecule has 5 heteroatoms. The zero-order valence-corrected chi connectivity index (χ0v) is 15.7. The maximum absolute atomic E-state index is 10.6. The fourth-order valence-electron chi connectivity index (χ4n) is 4.18. The molecule has 138 valence electrons. The van der Waals surface area contributed by atoms with Crippen molar-refractivity contribution in [3.8, 4) is 0 Å². The number of halogens is 1. The largest absolute Gasteiger partial charge is 0.390 e. The summed E-state index contributed by atoms with van der Waals surface area (Å²) in [6.45, 7) is 6.43. The predicted molar refractivity (Wildman–Crippen MR) is 107 cm³/mol. The third kappa shape index (κ3) is 3.89. The number of aliphatic hydroxyl groups excluding tert-OH is 1. The van der Waals surface area contributed by atoms with Gasteiger partial charge >= 0.3 is 0 Å². The highest BCUT2D eigenvalue weighted by molar-refractivity contribution is 6.33. The fourth-order valence-corrected chi connectivity index (χ4v) is 4.43. The molecular weight excluding hydrogens is 346 g/mol. The third-order valence-electron chi connectivity index (χ3n) is 5.56. The van der Waals surface area contributed by atoms with Crippen LogP contribution in [0.2, 0.25) is 5.02 Å². The Bertz CT molecular complexity index is 718. The van der Waals surface area contributed by atoms with Gasteiger partial charge in [-0.2, -0.15) is 0 Å². The average molecular weight is 372 g/mol. The Morgan fingerprint density at radius 1 is 0.885 bits per heavy atom. The van der Waals surface area contributed by atoms with Gasteiger partial charge in [0.15, 0.2) is 0 Å². The Balaban J connectivity index is 1.34. The van der Waals surface area contributed by atoms with E-state index >= 15 is 0 Å². The molecule has 0 aromatic heterocycles. The Labute approximate surface area is 160 Å². The summed E-state index contributed by atoms with van der Waals surface area (Å²) in [5, 5.41) is 11.4. The minimum atomic E-state index is -0.273. The minimum Gasteiger partial charge on any atom is -0.390 e. The number of nitrogens with zero attached hydrogens (tertiary/aromatic N) is 3. The number of aliphatic hydroxyl groups is 1. The van der Waals surface area contributed by atoms with Gasteiger partial charge in [-0.1, -0.05) is 54.1 Å². The Morgan fingerprint density at radius 3 is 2.31 bits per heavy atom. The van der Waals surface area contributed by atoms with Crippen LogP contribution < -0.4 is 4.90 Å². The summed E-state index contributed by atoms with van der Waals surface area (Å²) in [5.41, 5.74) is 2.43. The van der Waals surface area contributed by atoms with Crippen molar-refractivity contribution in [2.24, 2.45) is 0 Å². The van der Waals surface area contributed by atoms with Gasteiger partial charge in [0.1, 0.15) is 0 Å². The lowest BCUT2D eigenvalue weighted by Gasteiger charge is -2.40. The molecule has 2 fully saturated rings. The lowest BCUT2D eigenvalue weighted by Crippen LogP contribution is -2.53. The summed E-state index contributed by atoms with van der Waals surface area (Å²) >= 11 is 6.34. The lowest BCUT2D eigenvalue weighted by molar-refractivity contribution is 0.0791. The van der Waals surface area contributed by atoms with Crippen molar-refractivity contribution >= 4 is 17.3 Å². The molecule has 1 N–H and O–H groups in total. The smallest absolute Gasteiger partial charge is 0.0834 e. The zero-order chi connectivity index (χ0) is 17.9. The molecule has 26 heavy (non-hydrogen) atoms. The van der Waals surface area contributed by atoms with Gasteiger partial charge in [0.05, 0.1) is 16.8 Å². The highest BCUT2D eigenvalue weighted by atomic mass is 35.5. The number of anilines is 1. The second-order valence-electron chi connectivity index (χ2n) is 7.29. The first-order valence-corrected chi connectivity index (χ1v) is 9.76. The molecule has 2 aliphatic heterocycles. The van der Waals surface area contributed by atoms with Crippen molar-refractivity contribution < 1.29 is 5.11 Å². The van der Waals surface area contributed by atoms with Gasteiger partial charge in [0, 0.05) is 51.9 Å². The van der Waals surface area contributed by atoms with Crippen LogP contribution in [0.15, 0.2) is 54.6 Å². The third-order valence-corrected chi connectivity index (χ3v) is 5.88. The van der Waals surface area contributed by atoms with Crippen LogP contribution in [-0.2, 0) is 6.54 Å². The lowest BCUT2D eigenvalue weighted by atomic mass is 10.1. The first-order chi connectivity index (χ1) is 12.7.